The third kappa shape index (κ3) is 1.89. The first-order valence-corrected chi connectivity index (χ1v) is 6.65. The number of hydrogen-bond donors (Lipinski definition) is 0. The Balaban J connectivity index is 2.49. The maximum atomic E-state index is 12.1. The van der Waals surface area contributed by atoms with Crippen molar-refractivity contribution >= 4 is 34.4 Å². The Bertz CT molecular complexity index is 986. The summed E-state index contributed by atoms with van der Waals surface area (Å²) in [7, 11) is 2.91. The molecule has 0 spiro atoms. The van der Waals surface area contributed by atoms with E-state index in [1.54, 1.807) is 18.2 Å². The van der Waals surface area contributed by atoms with E-state index in [9.17, 15) is 9.59 Å². The molecular weight excluding hydrogens is 317 g/mol. The van der Waals surface area contributed by atoms with E-state index in [-0.39, 0.29) is 16.2 Å². The Morgan fingerprint density at radius 2 is 1.81 bits per heavy atom. The van der Waals surface area contributed by atoms with Crippen molar-refractivity contribution < 1.29 is 0 Å². The third-order valence-electron chi connectivity index (χ3n) is 3.20. The highest BCUT2D eigenvalue weighted by Gasteiger charge is 2.18. The summed E-state index contributed by atoms with van der Waals surface area (Å²) in [6, 6.07) is 4.99. The minimum Gasteiger partial charge on any atom is -0.279 e. The van der Waals surface area contributed by atoms with E-state index in [1.165, 1.54) is 23.3 Å². The average molecular weight is 326 g/mol. The Kier molecular flexibility index (Phi) is 3.11. The average Bonchev–Trinajstić information content (AvgIpc) is 2.90. The van der Waals surface area contributed by atoms with Crippen molar-refractivity contribution in [3.63, 3.8) is 0 Å². The first-order chi connectivity index (χ1) is 9.93. The summed E-state index contributed by atoms with van der Waals surface area (Å²) in [6.07, 6.45) is 0. The lowest BCUT2D eigenvalue weighted by Crippen LogP contribution is -2.37. The minimum atomic E-state index is -0.516. The zero-order valence-electron chi connectivity index (χ0n) is 11.0. The number of benzene rings is 1. The molecule has 0 unspecified atom stereocenters. The zero-order chi connectivity index (χ0) is 15.3. The zero-order valence-corrected chi connectivity index (χ0v) is 12.6. The molecule has 3 rings (SSSR count). The van der Waals surface area contributed by atoms with Crippen molar-refractivity contribution in [2.75, 3.05) is 0 Å². The first kappa shape index (κ1) is 13.8. The molecule has 0 aliphatic heterocycles. The van der Waals surface area contributed by atoms with Gasteiger partial charge in [-0.15, -0.1) is 5.10 Å². The fourth-order valence-electron chi connectivity index (χ4n) is 2.10. The molecule has 0 bridgehead atoms. The molecular formula is C12H9Cl2N5O2. The second-order valence-corrected chi connectivity index (χ2v) is 5.24. The van der Waals surface area contributed by atoms with Gasteiger partial charge in [0, 0.05) is 14.1 Å². The Labute approximate surface area is 127 Å². The molecule has 0 aliphatic rings. The van der Waals surface area contributed by atoms with E-state index in [1.807, 2.05) is 0 Å². The molecule has 2 heterocycles. The summed E-state index contributed by atoms with van der Waals surface area (Å²) < 4.78 is 3.58. The van der Waals surface area contributed by atoms with E-state index >= 15 is 0 Å². The fourth-order valence-corrected chi connectivity index (χ4v) is 2.47. The van der Waals surface area contributed by atoms with Gasteiger partial charge in [-0.05, 0) is 12.1 Å². The minimum absolute atomic E-state index is 0.0793. The number of rotatable bonds is 1. The van der Waals surface area contributed by atoms with E-state index in [0.717, 1.165) is 4.57 Å². The van der Waals surface area contributed by atoms with Crippen LogP contribution < -0.4 is 11.2 Å². The van der Waals surface area contributed by atoms with Gasteiger partial charge >= 0.3 is 5.69 Å². The van der Waals surface area contributed by atoms with Gasteiger partial charge in [0.1, 0.15) is 0 Å². The highest BCUT2D eigenvalue weighted by atomic mass is 35.5. The van der Waals surface area contributed by atoms with Crippen LogP contribution in [0.15, 0.2) is 27.8 Å². The molecule has 2 aromatic heterocycles. The molecule has 21 heavy (non-hydrogen) atoms. The molecule has 1 aromatic carbocycles. The standard InChI is InChI=1S/C12H9Cl2N5O2/c1-17-10-9(11(20)18(2)12(17)21)15-16-19(10)7-5-3-4-6(13)8(7)14/h3-5H,1-2H3. The van der Waals surface area contributed by atoms with Crippen LogP contribution >= 0.6 is 23.2 Å². The Hall–Kier alpha value is -2.12. The molecule has 0 saturated heterocycles. The number of aryl methyl sites for hydroxylation is 1. The fraction of sp³-hybridized carbons (Fsp3) is 0.167. The first-order valence-electron chi connectivity index (χ1n) is 5.89. The van der Waals surface area contributed by atoms with Crippen LogP contribution in [0.25, 0.3) is 16.9 Å². The lowest BCUT2D eigenvalue weighted by atomic mass is 10.3. The molecule has 108 valence electrons. The topological polar surface area (TPSA) is 74.7 Å². The van der Waals surface area contributed by atoms with E-state index in [0.29, 0.717) is 10.7 Å². The summed E-state index contributed by atoms with van der Waals surface area (Å²) in [6.45, 7) is 0. The lowest BCUT2D eigenvalue weighted by molar-refractivity contribution is 0.698. The van der Waals surface area contributed by atoms with Crippen molar-refractivity contribution in [1.82, 2.24) is 24.1 Å². The number of hydrogen-bond acceptors (Lipinski definition) is 4. The molecule has 3 aromatic rings. The van der Waals surface area contributed by atoms with Crippen LogP contribution in [-0.4, -0.2) is 24.1 Å². The lowest BCUT2D eigenvalue weighted by Gasteiger charge is -2.08. The van der Waals surface area contributed by atoms with Crippen molar-refractivity contribution in [2.24, 2.45) is 14.1 Å². The third-order valence-corrected chi connectivity index (χ3v) is 4.01. The van der Waals surface area contributed by atoms with Crippen molar-refractivity contribution in [3.05, 3.63) is 49.1 Å². The van der Waals surface area contributed by atoms with Gasteiger partial charge < -0.3 is 0 Å². The SMILES string of the molecule is Cn1c(=O)c2nnn(-c3cccc(Cl)c3Cl)c2n(C)c1=O. The highest BCUT2D eigenvalue weighted by Crippen LogP contribution is 2.28. The van der Waals surface area contributed by atoms with Crippen molar-refractivity contribution in [1.29, 1.82) is 0 Å². The van der Waals surface area contributed by atoms with Crippen LogP contribution in [0.2, 0.25) is 10.0 Å². The van der Waals surface area contributed by atoms with Crippen LogP contribution in [0.1, 0.15) is 0 Å². The largest absolute Gasteiger partial charge is 0.332 e. The quantitative estimate of drug-likeness (QED) is 0.672. The van der Waals surface area contributed by atoms with Crippen LogP contribution in [0.3, 0.4) is 0 Å². The number of nitrogens with zero attached hydrogens (tertiary/aromatic N) is 5. The molecule has 0 amide bonds. The number of halogens is 2. The molecule has 0 aliphatic carbocycles. The van der Waals surface area contributed by atoms with Gasteiger partial charge in [-0.1, -0.05) is 34.5 Å². The number of fused-ring (bicyclic) bond motifs is 1. The summed E-state index contributed by atoms with van der Waals surface area (Å²) >= 11 is 12.1. The van der Waals surface area contributed by atoms with Crippen LogP contribution in [0.5, 0.6) is 0 Å². The molecule has 0 saturated carbocycles. The van der Waals surface area contributed by atoms with Gasteiger partial charge in [-0.2, -0.15) is 4.68 Å². The summed E-state index contributed by atoms with van der Waals surface area (Å²) in [4.78, 5) is 24.1. The summed E-state index contributed by atoms with van der Waals surface area (Å²) in [5.41, 5.74) is -0.218. The Morgan fingerprint density at radius 3 is 2.52 bits per heavy atom. The second-order valence-electron chi connectivity index (χ2n) is 4.45. The second kappa shape index (κ2) is 4.71. The molecule has 7 nitrogen and oxygen atoms in total. The molecule has 0 radical (unpaired) electrons. The van der Waals surface area contributed by atoms with Gasteiger partial charge in [0.05, 0.1) is 15.7 Å². The van der Waals surface area contributed by atoms with E-state index in [4.69, 9.17) is 23.2 Å². The smallest absolute Gasteiger partial charge is 0.279 e. The summed E-state index contributed by atoms with van der Waals surface area (Å²) in [5.74, 6) is 0. The predicted molar refractivity (Wildman–Crippen MR) is 79.4 cm³/mol. The van der Waals surface area contributed by atoms with E-state index in [2.05, 4.69) is 10.3 Å². The maximum absolute atomic E-state index is 12.1. The van der Waals surface area contributed by atoms with Gasteiger partial charge in [-0.25, -0.2) is 4.79 Å². The van der Waals surface area contributed by atoms with Crippen LogP contribution in [0.4, 0.5) is 0 Å². The normalized spacial score (nSPS) is 11.2. The molecule has 0 N–H and O–H groups in total. The molecule has 0 atom stereocenters. The van der Waals surface area contributed by atoms with Crippen LogP contribution in [-0.2, 0) is 14.1 Å². The van der Waals surface area contributed by atoms with Crippen molar-refractivity contribution in [2.45, 2.75) is 0 Å². The molecule has 9 heteroatoms. The Morgan fingerprint density at radius 1 is 1.10 bits per heavy atom. The maximum Gasteiger partial charge on any atom is 0.332 e. The van der Waals surface area contributed by atoms with Crippen molar-refractivity contribution in [3.8, 4) is 5.69 Å². The van der Waals surface area contributed by atoms with E-state index < -0.39 is 11.2 Å². The monoisotopic (exact) mass is 325 g/mol. The predicted octanol–water partition coefficient (Wildman–Crippen LogP) is 1.12. The van der Waals surface area contributed by atoms with Gasteiger partial charge in [0.2, 0.25) is 0 Å². The van der Waals surface area contributed by atoms with Crippen LogP contribution in [0, 0.1) is 0 Å². The van der Waals surface area contributed by atoms with Gasteiger partial charge in [-0.3, -0.25) is 13.9 Å². The molecule has 0 fully saturated rings. The van der Waals surface area contributed by atoms with Gasteiger partial charge in [0.25, 0.3) is 5.56 Å². The highest BCUT2D eigenvalue weighted by molar-refractivity contribution is 6.43. The number of aromatic nitrogens is 5. The van der Waals surface area contributed by atoms with Gasteiger partial charge in [0.15, 0.2) is 11.2 Å². The summed E-state index contributed by atoms with van der Waals surface area (Å²) in [5, 5.41) is 8.37.